The second-order valence-electron chi connectivity index (χ2n) is 5.94. The molecule has 1 amide bonds. The molecule has 0 aromatic heterocycles. The van der Waals surface area contributed by atoms with Crippen molar-refractivity contribution in [2.75, 3.05) is 13.2 Å². The van der Waals surface area contributed by atoms with E-state index in [2.05, 4.69) is 5.32 Å². The molecule has 0 heterocycles. The average Bonchev–Trinajstić information content (AvgIpc) is 2.93. The molecule has 0 radical (unpaired) electrons. The van der Waals surface area contributed by atoms with Gasteiger partial charge in [-0.1, -0.05) is 32.6 Å². The summed E-state index contributed by atoms with van der Waals surface area (Å²) >= 11 is 0. The molecular weight excluding hydrogens is 270 g/mol. The zero-order chi connectivity index (χ0) is 15.7. The van der Waals surface area contributed by atoms with Crippen LogP contribution in [-0.4, -0.2) is 36.2 Å². The van der Waals surface area contributed by atoms with E-state index in [1.54, 1.807) is 0 Å². The van der Waals surface area contributed by atoms with Gasteiger partial charge in [0, 0.05) is 13.2 Å². The fourth-order valence-corrected chi connectivity index (χ4v) is 3.03. The van der Waals surface area contributed by atoms with Gasteiger partial charge in [-0.2, -0.15) is 0 Å². The predicted octanol–water partition coefficient (Wildman–Crippen LogP) is 2.73. The van der Waals surface area contributed by atoms with Crippen LogP contribution >= 0.6 is 0 Å². The van der Waals surface area contributed by atoms with E-state index in [-0.39, 0.29) is 5.91 Å². The van der Waals surface area contributed by atoms with E-state index in [0.717, 1.165) is 38.5 Å². The van der Waals surface area contributed by atoms with E-state index < -0.39 is 17.4 Å². The SMILES string of the molecule is CCCCC(NC(=O)C1(CCOCC)CCCC1)C(=O)O. The number of hydrogen-bond donors (Lipinski definition) is 2. The summed E-state index contributed by atoms with van der Waals surface area (Å²) in [6.07, 6.45) is 6.67. The molecule has 0 aliphatic heterocycles. The number of rotatable bonds is 10. The number of hydrogen-bond acceptors (Lipinski definition) is 3. The van der Waals surface area contributed by atoms with Crippen molar-refractivity contribution in [2.45, 2.75) is 71.3 Å². The van der Waals surface area contributed by atoms with E-state index in [1.165, 1.54) is 0 Å². The summed E-state index contributed by atoms with van der Waals surface area (Å²) in [5, 5.41) is 12.0. The molecule has 1 unspecified atom stereocenters. The van der Waals surface area contributed by atoms with Gasteiger partial charge in [0.25, 0.3) is 0 Å². The third-order valence-electron chi connectivity index (χ3n) is 4.42. The molecule has 1 aliphatic rings. The second kappa shape index (κ2) is 9.03. The number of amides is 1. The molecule has 0 saturated heterocycles. The lowest BCUT2D eigenvalue weighted by Gasteiger charge is -2.29. The summed E-state index contributed by atoms with van der Waals surface area (Å²) in [7, 11) is 0. The molecule has 122 valence electrons. The molecule has 21 heavy (non-hydrogen) atoms. The largest absolute Gasteiger partial charge is 0.480 e. The van der Waals surface area contributed by atoms with Crippen LogP contribution in [0.2, 0.25) is 0 Å². The highest BCUT2D eigenvalue weighted by molar-refractivity contribution is 5.87. The number of unbranched alkanes of at least 4 members (excludes halogenated alkanes) is 1. The molecule has 1 atom stereocenters. The zero-order valence-electron chi connectivity index (χ0n) is 13.3. The van der Waals surface area contributed by atoms with Gasteiger partial charge in [0.05, 0.1) is 5.41 Å². The standard InChI is InChI=1S/C16H29NO4/c1-3-5-8-13(14(18)19)17-15(20)16(9-6-7-10-16)11-12-21-4-2/h13H,3-12H2,1-2H3,(H,17,20)(H,18,19). The number of ether oxygens (including phenoxy) is 1. The first-order chi connectivity index (χ1) is 10.1. The Hall–Kier alpha value is -1.10. The minimum atomic E-state index is -0.935. The minimum Gasteiger partial charge on any atom is -0.480 e. The Balaban J connectivity index is 2.64. The Morgan fingerprint density at radius 2 is 1.95 bits per heavy atom. The van der Waals surface area contributed by atoms with Crippen molar-refractivity contribution >= 4 is 11.9 Å². The fraction of sp³-hybridized carbons (Fsp3) is 0.875. The van der Waals surface area contributed by atoms with Crippen molar-refractivity contribution < 1.29 is 19.4 Å². The topological polar surface area (TPSA) is 75.6 Å². The molecule has 1 fully saturated rings. The van der Waals surface area contributed by atoms with Crippen molar-refractivity contribution in [1.82, 2.24) is 5.32 Å². The van der Waals surface area contributed by atoms with Crippen LogP contribution in [0.5, 0.6) is 0 Å². The maximum absolute atomic E-state index is 12.6. The van der Waals surface area contributed by atoms with E-state index in [1.807, 2.05) is 13.8 Å². The van der Waals surface area contributed by atoms with Gasteiger partial charge in [0.15, 0.2) is 0 Å². The molecule has 5 nitrogen and oxygen atoms in total. The summed E-state index contributed by atoms with van der Waals surface area (Å²) in [4.78, 5) is 23.9. The Kier molecular flexibility index (Phi) is 7.72. The number of carboxylic acids is 1. The van der Waals surface area contributed by atoms with Gasteiger partial charge in [0.2, 0.25) is 5.91 Å². The van der Waals surface area contributed by atoms with Crippen LogP contribution in [0.3, 0.4) is 0 Å². The van der Waals surface area contributed by atoms with Gasteiger partial charge >= 0.3 is 5.97 Å². The normalized spacial score (nSPS) is 18.4. The Morgan fingerprint density at radius 1 is 1.29 bits per heavy atom. The van der Waals surface area contributed by atoms with Crippen molar-refractivity contribution in [2.24, 2.45) is 5.41 Å². The highest BCUT2D eigenvalue weighted by atomic mass is 16.5. The van der Waals surface area contributed by atoms with Crippen molar-refractivity contribution in [3.05, 3.63) is 0 Å². The Labute approximate surface area is 127 Å². The van der Waals surface area contributed by atoms with Crippen LogP contribution in [-0.2, 0) is 14.3 Å². The Bertz CT molecular complexity index is 337. The third-order valence-corrected chi connectivity index (χ3v) is 4.42. The highest BCUT2D eigenvalue weighted by Gasteiger charge is 2.41. The molecule has 0 bridgehead atoms. The first-order valence-electron chi connectivity index (χ1n) is 8.17. The molecule has 1 aliphatic carbocycles. The fourth-order valence-electron chi connectivity index (χ4n) is 3.03. The van der Waals surface area contributed by atoms with Gasteiger partial charge in [0.1, 0.15) is 6.04 Å². The summed E-state index contributed by atoms with van der Waals surface area (Å²) in [6.45, 7) is 5.16. The molecular formula is C16H29NO4. The van der Waals surface area contributed by atoms with Gasteiger partial charge in [-0.25, -0.2) is 4.79 Å². The van der Waals surface area contributed by atoms with E-state index in [4.69, 9.17) is 4.74 Å². The highest BCUT2D eigenvalue weighted by Crippen LogP contribution is 2.41. The summed E-state index contributed by atoms with van der Waals surface area (Å²) in [6, 6.07) is -0.762. The number of carbonyl (C=O) groups excluding carboxylic acids is 1. The van der Waals surface area contributed by atoms with Crippen LogP contribution in [0.25, 0.3) is 0 Å². The lowest BCUT2D eigenvalue weighted by atomic mass is 9.81. The van der Waals surface area contributed by atoms with Gasteiger partial charge < -0.3 is 15.2 Å². The van der Waals surface area contributed by atoms with Gasteiger partial charge in [-0.3, -0.25) is 4.79 Å². The van der Waals surface area contributed by atoms with Crippen LogP contribution in [0, 0.1) is 5.41 Å². The smallest absolute Gasteiger partial charge is 0.326 e. The van der Waals surface area contributed by atoms with Crippen molar-refractivity contribution in [1.29, 1.82) is 0 Å². The third kappa shape index (κ3) is 5.30. The van der Waals surface area contributed by atoms with Crippen molar-refractivity contribution in [3.63, 3.8) is 0 Å². The molecule has 1 rings (SSSR count). The number of nitrogens with one attached hydrogen (secondary N) is 1. The van der Waals surface area contributed by atoms with E-state index >= 15 is 0 Å². The van der Waals surface area contributed by atoms with Crippen LogP contribution < -0.4 is 5.32 Å². The number of carbonyl (C=O) groups is 2. The summed E-state index contributed by atoms with van der Waals surface area (Å²) in [5.41, 5.74) is -0.422. The maximum Gasteiger partial charge on any atom is 0.326 e. The van der Waals surface area contributed by atoms with Crippen LogP contribution in [0.1, 0.15) is 65.2 Å². The number of carboxylic acid groups (broad SMARTS) is 1. The van der Waals surface area contributed by atoms with Crippen LogP contribution in [0.4, 0.5) is 0 Å². The van der Waals surface area contributed by atoms with Gasteiger partial charge in [-0.15, -0.1) is 0 Å². The zero-order valence-corrected chi connectivity index (χ0v) is 13.3. The molecule has 0 spiro atoms. The van der Waals surface area contributed by atoms with Crippen LogP contribution in [0.15, 0.2) is 0 Å². The lowest BCUT2D eigenvalue weighted by molar-refractivity contribution is -0.144. The van der Waals surface area contributed by atoms with E-state index in [0.29, 0.717) is 26.1 Å². The van der Waals surface area contributed by atoms with E-state index in [9.17, 15) is 14.7 Å². The Morgan fingerprint density at radius 3 is 2.48 bits per heavy atom. The minimum absolute atomic E-state index is 0.0943. The molecule has 0 aromatic rings. The first kappa shape index (κ1) is 18.0. The quantitative estimate of drug-likeness (QED) is 0.608. The first-order valence-corrected chi connectivity index (χ1v) is 8.17. The van der Waals surface area contributed by atoms with Crippen molar-refractivity contribution in [3.8, 4) is 0 Å². The molecule has 5 heteroatoms. The monoisotopic (exact) mass is 299 g/mol. The maximum atomic E-state index is 12.6. The number of aliphatic carboxylic acids is 1. The average molecular weight is 299 g/mol. The summed E-state index contributed by atoms with van der Waals surface area (Å²) < 4.78 is 5.39. The predicted molar refractivity (Wildman–Crippen MR) is 81.1 cm³/mol. The second-order valence-corrected chi connectivity index (χ2v) is 5.94. The molecule has 1 saturated carbocycles. The van der Waals surface area contributed by atoms with Gasteiger partial charge in [-0.05, 0) is 32.6 Å². The lowest BCUT2D eigenvalue weighted by Crippen LogP contribution is -2.48. The summed E-state index contributed by atoms with van der Waals surface area (Å²) in [5.74, 6) is -1.03. The molecule has 2 N–H and O–H groups in total. The molecule has 0 aromatic carbocycles.